The first-order valence-electron chi connectivity index (χ1n) is 14.1. The topological polar surface area (TPSA) is 119 Å². The van der Waals surface area contributed by atoms with Crippen molar-refractivity contribution in [3.05, 3.63) is 21.9 Å². The van der Waals surface area contributed by atoms with Gasteiger partial charge in [-0.25, -0.2) is 0 Å². The minimum absolute atomic E-state index is 0.0151. The summed E-state index contributed by atoms with van der Waals surface area (Å²) in [5.74, 6) is 0.498. The molecule has 1 aliphatic rings. The number of carbonyl (C=O) groups is 2. The van der Waals surface area contributed by atoms with Gasteiger partial charge in [0.2, 0.25) is 0 Å². The van der Waals surface area contributed by atoms with Crippen molar-refractivity contribution in [1.82, 2.24) is 0 Å². The highest BCUT2D eigenvalue weighted by molar-refractivity contribution is 8.24. The number of rotatable bonds is 18. The molecule has 2 rings (SSSR count). The predicted octanol–water partition coefficient (Wildman–Crippen LogP) is 7.42. The summed E-state index contributed by atoms with van der Waals surface area (Å²) in [7, 11) is 0. The Balaban J connectivity index is 2.03. The summed E-state index contributed by atoms with van der Waals surface area (Å²) < 4.78 is 23.3. The molecular weight excluding hydrogens is 548 g/mol. The van der Waals surface area contributed by atoms with Gasteiger partial charge in [-0.3, -0.25) is 9.59 Å². The predicted molar refractivity (Wildman–Crippen MR) is 156 cm³/mol. The molecule has 1 aromatic rings. The molecule has 0 aliphatic carbocycles. The van der Waals surface area contributed by atoms with Crippen LogP contribution < -0.4 is 9.47 Å². The standard InChI is InChI=1S/C30H40N2O6S2/c1-5-9-11-21(7-3)28(33)37-17-15-35-24-13-14-25(27-26(24)39-30(40-27)23(19-31)20-32)36-16-18-38-29(34)22(8-4)12-10-6-2/h13-14,21-22H,5-12,15-18H2,1-4H3. The number of benzene rings is 1. The van der Waals surface area contributed by atoms with Gasteiger partial charge >= 0.3 is 11.9 Å². The molecule has 0 N–H and O–H groups in total. The average Bonchev–Trinajstić information content (AvgIpc) is 3.41. The highest BCUT2D eigenvalue weighted by Crippen LogP contribution is 2.58. The molecule has 10 heteroatoms. The van der Waals surface area contributed by atoms with Gasteiger partial charge in [-0.1, -0.05) is 76.9 Å². The molecular formula is C30H40N2O6S2. The molecule has 8 nitrogen and oxygen atoms in total. The molecule has 40 heavy (non-hydrogen) atoms. The number of unbranched alkanes of at least 4 members (excludes halogenated alkanes) is 2. The molecule has 1 aliphatic heterocycles. The second-order valence-corrected chi connectivity index (χ2v) is 11.6. The van der Waals surface area contributed by atoms with Crippen LogP contribution >= 0.6 is 23.5 Å². The molecule has 2 atom stereocenters. The van der Waals surface area contributed by atoms with Gasteiger partial charge in [0.1, 0.15) is 55.6 Å². The Labute approximate surface area is 246 Å². The fraction of sp³-hybridized carbons (Fsp3) is 0.600. The molecule has 2 unspecified atom stereocenters. The van der Waals surface area contributed by atoms with E-state index in [0.29, 0.717) is 15.7 Å². The van der Waals surface area contributed by atoms with Crippen LogP contribution in [0.1, 0.15) is 79.1 Å². The largest absolute Gasteiger partial charge is 0.489 e. The zero-order valence-electron chi connectivity index (χ0n) is 24.0. The molecule has 0 saturated carbocycles. The second-order valence-electron chi connectivity index (χ2n) is 9.34. The van der Waals surface area contributed by atoms with E-state index >= 15 is 0 Å². The van der Waals surface area contributed by atoms with Gasteiger partial charge in [0.15, 0.2) is 0 Å². The normalized spacial score (nSPS) is 13.4. The van der Waals surface area contributed by atoms with Crippen molar-refractivity contribution >= 4 is 35.5 Å². The molecule has 0 aromatic heterocycles. The molecule has 1 heterocycles. The number of thioether (sulfide) groups is 2. The van der Waals surface area contributed by atoms with E-state index in [1.54, 1.807) is 12.1 Å². The Morgan fingerprint density at radius 3 is 1.52 bits per heavy atom. The van der Waals surface area contributed by atoms with Crippen molar-refractivity contribution in [2.24, 2.45) is 11.8 Å². The van der Waals surface area contributed by atoms with Gasteiger partial charge in [0.25, 0.3) is 0 Å². The van der Waals surface area contributed by atoms with Crippen molar-refractivity contribution in [3.8, 4) is 23.6 Å². The number of carbonyl (C=O) groups excluding carboxylic acids is 2. The summed E-state index contributed by atoms with van der Waals surface area (Å²) in [6.07, 6.45) is 7.18. The SMILES string of the molecule is CCCCC(CC)C(=O)OCCOc1ccc(OCCOC(=O)C(CC)CCCC)c2c1SC(=C(C#N)C#N)S2. The van der Waals surface area contributed by atoms with Gasteiger partial charge in [-0.05, 0) is 37.8 Å². The first-order valence-corrected chi connectivity index (χ1v) is 15.7. The smallest absolute Gasteiger partial charge is 0.309 e. The molecule has 0 spiro atoms. The number of nitriles is 2. The third kappa shape index (κ3) is 9.98. The lowest BCUT2D eigenvalue weighted by Crippen LogP contribution is -2.20. The minimum atomic E-state index is -0.201. The average molecular weight is 589 g/mol. The van der Waals surface area contributed by atoms with Crippen molar-refractivity contribution in [2.75, 3.05) is 26.4 Å². The first kappa shape index (κ1) is 33.4. The van der Waals surface area contributed by atoms with E-state index in [1.165, 1.54) is 23.5 Å². The van der Waals surface area contributed by atoms with Crippen LogP contribution in [-0.4, -0.2) is 38.4 Å². The Morgan fingerprint density at radius 1 is 0.750 bits per heavy atom. The number of esters is 2. The van der Waals surface area contributed by atoms with Crippen LogP contribution in [0.15, 0.2) is 31.7 Å². The summed E-state index contributed by atoms with van der Waals surface area (Å²) in [5.41, 5.74) is 0.0151. The summed E-state index contributed by atoms with van der Waals surface area (Å²) in [6.45, 7) is 8.76. The second kappa shape index (κ2) is 18.5. The Morgan fingerprint density at radius 2 is 1.18 bits per heavy atom. The minimum Gasteiger partial charge on any atom is -0.489 e. The monoisotopic (exact) mass is 588 g/mol. The van der Waals surface area contributed by atoms with Gasteiger partial charge in [0.05, 0.1) is 25.9 Å². The maximum absolute atomic E-state index is 12.4. The van der Waals surface area contributed by atoms with Crippen LogP contribution in [0.4, 0.5) is 0 Å². The van der Waals surface area contributed by atoms with E-state index in [1.807, 2.05) is 26.0 Å². The van der Waals surface area contributed by atoms with Crippen molar-refractivity contribution in [3.63, 3.8) is 0 Å². The zero-order chi connectivity index (χ0) is 29.3. The van der Waals surface area contributed by atoms with Gasteiger partial charge in [-0.15, -0.1) is 0 Å². The first-order chi connectivity index (χ1) is 19.4. The number of ether oxygens (including phenoxy) is 4. The number of nitrogens with zero attached hydrogens (tertiary/aromatic N) is 2. The fourth-order valence-electron chi connectivity index (χ4n) is 4.07. The lowest BCUT2D eigenvalue weighted by molar-refractivity contribution is -0.150. The highest BCUT2D eigenvalue weighted by Gasteiger charge is 2.29. The Kier molecular flexibility index (Phi) is 15.5. The van der Waals surface area contributed by atoms with Crippen LogP contribution in [0.2, 0.25) is 0 Å². The lowest BCUT2D eigenvalue weighted by atomic mass is 10.00. The van der Waals surface area contributed by atoms with Gasteiger partial charge in [0, 0.05) is 0 Å². The van der Waals surface area contributed by atoms with Crippen LogP contribution in [0.5, 0.6) is 11.5 Å². The third-order valence-electron chi connectivity index (χ3n) is 6.49. The quantitative estimate of drug-likeness (QED) is 0.0973. The number of hydrogen-bond acceptors (Lipinski definition) is 10. The number of hydrogen-bond donors (Lipinski definition) is 0. The third-order valence-corrected chi connectivity index (χ3v) is 9.12. The molecule has 218 valence electrons. The summed E-state index contributed by atoms with van der Waals surface area (Å²) in [4.78, 5) is 26.2. The maximum atomic E-state index is 12.4. The van der Waals surface area contributed by atoms with E-state index in [2.05, 4.69) is 13.8 Å². The summed E-state index contributed by atoms with van der Waals surface area (Å²) >= 11 is 2.55. The van der Waals surface area contributed by atoms with Crippen LogP contribution in [-0.2, 0) is 19.1 Å². The molecule has 0 bridgehead atoms. The van der Waals surface area contributed by atoms with Crippen LogP contribution in [0.25, 0.3) is 0 Å². The Bertz CT molecular complexity index is 1030. The van der Waals surface area contributed by atoms with Gasteiger partial charge in [-0.2, -0.15) is 10.5 Å². The number of fused-ring (bicyclic) bond motifs is 1. The van der Waals surface area contributed by atoms with Crippen molar-refractivity contribution in [1.29, 1.82) is 10.5 Å². The van der Waals surface area contributed by atoms with Crippen LogP contribution in [0, 0.1) is 34.5 Å². The molecule has 0 fully saturated rings. The molecule has 0 radical (unpaired) electrons. The summed E-state index contributed by atoms with van der Waals surface area (Å²) in [6, 6.07) is 7.39. The molecule has 1 aromatic carbocycles. The van der Waals surface area contributed by atoms with Crippen molar-refractivity contribution in [2.45, 2.75) is 88.9 Å². The molecule has 0 saturated heterocycles. The van der Waals surface area contributed by atoms with E-state index in [9.17, 15) is 20.1 Å². The zero-order valence-corrected chi connectivity index (χ0v) is 25.6. The summed E-state index contributed by atoms with van der Waals surface area (Å²) in [5, 5.41) is 18.8. The molecule has 0 amide bonds. The highest BCUT2D eigenvalue weighted by atomic mass is 32.2. The van der Waals surface area contributed by atoms with Crippen molar-refractivity contribution < 1.29 is 28.5 Å². The van der Waals surface area contributed by atoms with E-state index in [0.717, 1.165) is 61.2 Å². The lowest BCUT2D eigenvalue weighted by Gasteiger charge is -2.16. The fourth-order valence-corrected chi connectivity index (χ4v) is 6.59. The number of allylic oxidation sites excluding steroid dienone is 1. The Hall–Kier alpha value is -2.82. The van der Waals surface area contributed by atoms with Gasteiger partial charge < -0.3 is 18.9 Å². The maximum Gasteiger partial charge on any atom is 0.309 e. The van der Waals surface area contributed by atoms with Crippen LogP contribution in [0.3, 0.4) is 0 Å². The van der Waals surface area contributed by atoms with E-state index < -0.39 is 0 Å². The van der Waals surface area contributed by atoms with E-state index in [-0.39, 0.29) is 55.8 Å². The van der Waals surface area contributed by atoms with E-state index in [4.69, 9.17) is 18.9 Å².